The highest BCUT2D eigenvalue weighted by Crippen LogP contribution is 2.39. The summed E-state index contributed by atoms with van der Waals surface area (Å²) >= 11 is 0. The number of fused-ring (bicyclic) bond motifs is 3. The number of carbonyl (C=O) groups is 2. The van der Waals surface area contributed by atoms with Crippen LogP contribution in [0, 0.1) is 5.41 Å². The SMILES string of the molecule is CC12COC(CN3CCC(N4C(=O)OC[C@@H]4c4ccccc4)C3=O)(OC1)OC2. The minimum Gasteiger partial charge on any atom is -0.447 e. The molecule has 2 bridgehead atoms. The number of hydrogen-bond donors (Lipinski definition) is 0. The van der Waals surface area contributed by atoms with E-state index in [4.69, 9.17) is 18.9 Å². The molecule has 5 aliphatic heterocycles. The van der Waals surface area contributed by atoms with E-state index in [1.54, 1.807) is 9.80 Å². The van der Waals surface area contributed by atoms with Gasteiger partial charge in [0.15, 0.2) is 0 Å². The maximum absolute atomic E-state index is 13.1. The molecule has 28 heavy (non-hydrogen) atoms. The quantitative estimate of drug-likeness (QED) is 0.778. The van der Waals surface area contributed by atoms with Crippen molar-refractivity contribution in [2.45, 2.75) is 31.4 Å². The predicted octanol–water partition coefficient (Wildman–Crippen LogP) is 1.52. The summed E-state index contributed by atoms with van der Waals surface area (Å²) in [4.78, 5) is 28.8. The third-order valence-corrected chi connectivity index (χ3v) is 6.01. The second-order valence-corrected chi connectivity index (χ2v) is 8.33. The molecule has 5 fully saturated rings. The first-order valence-electron chi connectivity index (χ1n) is 9.69. The molecule has 1 aromatic rings. The summed E-state index contributed by atoms with van der Waals surface area (Å²) in [6, 6.07) is 8.86. The van der Waals surface area contributed by atoms with E-state index in [9.17, 15) is 9.59 Å². The first kappa shape index (κ1) is 17.9. The summed E-state index contributed by atoms with van der Waals surface area (Å²) in [5.41, 5.74) is 0.841. The molecule has 0 aliphatic carbocycles. The normalized spacial score (nSPS) is 37.6. The van der Waals surface area contributed by atoms with Crippen LogP contribution < -0.4 is 0 Å². The van der Waals surface area contributed by atoms with Gasteiger partial charge >= 0.3 is 12.1 Å². The van der Waals surface area contributed by atoms with Crippen LogP contribution in [0.4, 0.5) is 4.79 Å². The Morgan fingerprint density at radius 2 is 1.71 bits per heavy atom. The molecule has 0 N–H and O–H groups in total. The Kier molecular flexibility index (Phi) is 4.12. The summed E-state index contributed by atoms with van der Waals surface area (Å²) in [6.45, 7) is 4.68. The lowest BCUT2D eigenvalue weighted by molar-refractivity contribution is -0.466. The molecule has 8 heteroatoms. The number of cyclic esters (lactones) is 1. The Morgan fingerprint density at radius 1 is 1.04 bits per heavy atom. The topological polar surface area (TPSA) is 77.5 Å². The van der Waals surface area contributed by atoms with Gasteiger partial charge in [0.2, 0.25) is 5.91 Å². The summed E-state index contributed by atoms with van der Waals surface area (Å²) in [6.07, 6.45) is 0.104. The maximum Gasteiger partial charge on any atom is 0.411 e. The van der Waals surface area contributed by atoms with Crippen LogP contribution in [0.2, 0.25) is 0 Å². The minimum atomic E-state index is -1.19. The molecule has 1 aromatic carbocycles. The molecule has 0 saturated carbocycles. The zero-order chi connectivity index (χ0) is 19.4. The molecular weight excluding hydrogens is 364 g/mol. The van der Waals surface area contributed by atoms with E-state index < -0.39 is 18.1 Å². The Balaban J connectivity index is 1.31. The third-order valence-electron chi connectivity index (χ3n) is 6.01. The molecule has 5 aliphatic rings. The van der Waals surface area contributed by atoms with Crippen LogP contribution in [0.25, 0.3) is 0 Å². The van der Waals surface area contributed by atoms with E-state index in [1.165, 1.54) is 0 Å². The molecule has 0 spiro atoms. The average molecular weight is 388 g/mol. The van der Waals surface area contributed by atoms with E-state index in [0.29, 0.717) is 32.8 Å². The van der Waals surface area contributed by atoms with Gasteiger partial charge in [-0.3, -0.25) is 9.69 Å². The molecule has 2 amide bonds. The number of ether oxygens (including phenoxy) is 4. The number of likely N-dealkylation sites (tertiary alicyclic amines) is 1. The van der Waals surface area contributed by atoms with Crippen LogP contribution in [-0.2, 0) is 23.7 Å². The van der Waals surface area contributed by atoms with Gasteiger partial charge in [-0.15, -0.1) is 0 Å². The third kappa shape index (κ3) is 2.87. The highest BCUT2D eigenvalue weighted by molar-refractivity contribution is 5.88. The van der Waals surface area contributed by atoms with Gasteiger partial charge < -0.3 is 23.8 Å². The second-order valence-electron chi connectivity index (χ2n) is 8.33. The van der Waals surface area contributed by atoms with Crippen LogP contribution in [0.5, 0.6) is 0 Å². The van der Waals surface area contributed by atoms with Crippen molar-refractivity contribution in [3.8, 4) is 0 Å². The zero-order valence-electron chi connectivity index (χ0n) is 15.8. The monoisotopic (exact) mass is 388 g/mol. The second kappa shape index (κ2) is 6.43. The molecule has 8 nitrogen and oxygen atoms in total. The van der Waals surface area contributed by atoms with Crippen LogP contribution >= 0.6 is 0 Å². The van der Waals surface area contributed by atoms with E-state index in [2.05, 4.69) is 6.92 Å². The van der Waals surface area contributed by atoms with Gasteiger partial charge in [-0.2, -0.15) is 0 Å². The summed E-state index contributed by atoms with van der Waals surface area (Å²) < 4.78 is 22.7. The van der Waals surface area contributed by atoms with E-state index in [-0.39, 0.29) is 30.5 Å². The Bertz CT molecular complexity index is 760. The van der Waals surface area contributed by atoms with Crippen molar-refractivity contribution in [1.29, 1.82) is 0 Å². The smallest absolute Gasteiger partial charge is 0.411 e. The van der Waals surface area contributed by atoms with Crippen molar-refractivity contribution in [3.63, 3.8) is 0 Å². The number of hydrogen-bond acceptors (Lipinski definition) is 6. The highest BCUT2D eigenvalue weighted by Gasteiger charge is 2.54. The molecule has 0 radical (unpaired) electrons. The molecule has 150 valence electrons. The summed E-state index contributed by atoms with van der Waals surface area (Å²) in [5, 5.41) is 0. The molecule has 2 atom stereocenters. The van der Waals surface area contributed by atoms with Crippen molar-refractivity contribution in [2.75, 3.05) is 39.5 Å². The lowest BCUT2D eigenvalue weighted by Gasteiger charge is -2.51. The molecule has 1 unspecified atom stereocenters. The number of rotatable bonds is 4. The van der Waals surface area contributed by atoms with Crippen molar-refractivity contribution in [2.24, 2.45) is 5.41 Å². The maximum atomic E-state index is 13.1. The fourth-order valence-electron chi connectivity index (χ4n) is 4.32. The number of benzene rings is 1. The minimum absolute atomic E-state index is 0.121. The first-order valence-corrected chi connectivity index (χ1v) is 9.69. The van der Waals surface area contributed by atoms with Crippen LogP contribution in [0.1, 0.15) is 24.9 Å². The molecule has 5 heterocycles. The molecular formula is C20H24N2O6. The Morgan fingerprint density at radius 3 is 2.39 bits per heavy atom. The lowest BCUT2D eigenvalue weighted by Crippen LogP contribution is -2.63. The average Bonchev–Trinajstić information content (AvgIpc) is 3.26. The van der Waals surface area contributed by atoms with Gasteiger partial charge in [-0.1, -0.05) is 37.3 Å². The van der Waals surface area contributed by atoms with E-state index >= 15 is 0 Å². The van der Waals surface area contributed by atoms with Crippen molar-refractivity contribution < 1.29 is 28.5 Å². The van der Waals surface area contributed by atoms with Gasteiger partial charge in [0.25, 0.3) is 0 Å². The van der Waals surface area contributed by atoms with Gasteiger partial charge in [0, 0.05) is 12.0 Å². The van der Waals surface area contributed by atoms with Crippen molar-refractivity contribution >= 4 is 12.0 Å². The van der Waals surface area contributed by atoms with Gasteiger partial charge in [0.05, 0.1) is 25.9 Å². The van der Waals surface area contributed by atoms with Crippen LogP contribution in [0.15, 0.2) is 30.3 Å². The van der Waals surface area contributed by atoms with E-state index in [1.807, 2.05) is 30.3 Å². The lowest BCUT2D eigenvalue weighted by atomic mass is 9.92. The highest BCUT2D eigenvalue weighted by atomic mass is 16.9. The summed E-state index contributed by atoms with van der Waals surface area (Å²) in [7, 11) is 0. The fourth-order valence-corrected chi connectivity index (χ4v) is 4.32. The zero-order valence-corrected chi connectivity index (χ0v) is 15.8. The van der Waals surface area contributed by atoms with E-state index in [0.717, 1.165) is 5.56 Å². The van der Waals surface area contributed by atoms with Crippen LogP contribution in [0.3, 0.4) is 0 Å². The molecule has 5 saturated heterocycles. The van der Waals surface area contributed by atoms with Gasteiger partial charge in [0.1, 0.15) is 19.2 Å². The first-order chi connectivity index (χ1) is 13.5. The number of nitrogens with zero attached hydrogens (tertiary/aromatic N) is 2. The largest absolute Gasteiger partial charge is 0.447 e. The summed E-state index contributed by atoms with van der Waals surface area (Å²) in [5.74, 6) is -1.31. The Labute approximate surface area is 163 Å². The van der Waals surface area contributed by atoms with Crippen molar-refractivity contribution in [1.82, 2.24) is 9.80 Å². The number of amides is 2. The standard InChI is InChI=1S/C20H24N2O6/c1-19-11-26-20(27-12-19,28-13-19)10-21-8-7-15(17(21)23)22-16(9-25-18(22)24)14-5-3-2-4-6-14/h2-6,15-16H,7-13H2,1H3/t15?,16-,19?,20?/m1/s1. The van der Waals surface area contributed by atoms with Gasteiger partial charge in [-0.25, -0.2) is 4.79 Å². The Hall–Kier alpha value is -2.16. The van der Waals surface area contributed by atoms with Crippen LogP contribution in [-0.4, -0.2) is 73.3 Å². The fraction of sp³-hybridized carbons (Fsp3) is 0.600. The molecule has 6 rings (SSSR count). The number of carbonyl (C=O) groups excluding carboxylic acids is 2. The van der Waals surface area contributed by atoms with Gasteiger partial charge in [-0.05, 0) is 12.0 Å². The predicted molar refractivity (Wildman–Crippen MR) is 96.0 cm³/mol. The molecule has 0 aromatic heterocycles. The van der Waals surface area contributed by atoms with Crippen molar-refractivity contribution in [3.05, 3.63) is 35.9 Å².